The van der Waals surface area contributed by atoms with Crippen LogP contribution in [-0.4, -0.2) is 18.3 Å². The number of hydrogen-bond donors (Lipinski definition) is 0. The SMILES string of the molecule is CC1(C)OB(c2cc(-c3cc4ccccc4c4oc5ccccc5c34)cc3oc4c5ccccc5ccc4c23)OC1(C)C. The summed E-state index contributed by atoms with van der Waals surface area (Å²) in [5, 5.41) is 8.72. The molecule has 208 valence electrons. The fraction of sp³-hybridized carbons (Fsp3) is 0.158. The number of fused-ring (bicyclic) bond motifs is 10. The van der Waals surface area contributed by atoms with Gasteiger partial charge in [0.2, 0.25) is 0 Å². The number of hydrogen-bond acceptors (Lipinski definition) is 4. The average molecular weight is 560 g/mol. The summed E-state index contributed by atoms with van der Waals surface area (Å²) in [5.41, 5.74) is 5.57. The molecule has 1 fully saturated rings. The Kier molecular flexibility index (Phi) is 4.94. The van der Waals surface area contributed by atoms with Gasteiger partial charge in [-0.15, -0.1) is 0 Å². The van der Waals surface area contributed by atoms with Crippen molar-refractivity contribution in [1.29, 1.82) is 0 Å². The van der Waals surface area contributed by atoms with Crippen molar-refractivity contribution in [3.05, 3.63) is 103 Å². The van der Waals surface area contributed by atoms with Crippen molar-refractivity contribution < 1.29 is 18.1 Å². The van der Waals surface area contributed by atoms with Crippen LogP contribution in [-0.2, 0) is 9.31 Å². The van der Waals surface area contributed by atoms with Gasteiger partial charge in [0.15, 0.2) is 0 Å². The quantitative estimate of drug-likeness (QED) is 0.198. The number of rotatable bonds is 2. The zero-order valence-electron chi connectivity index (χ0n) is 24.5. The van der Waals surface area contributed by atoms with Crippen LogP contribution >= 0.6 is 0 Å². The van der Waals surface area contributed by atoms with E-state index in [0.29, 0.717) is 0 Å². The summed E-state index contributed by atoms with van der Waals surface area (Å²) in [5.74, 6) is 0. The van der Waals surface area contributed by atoms with E-state index < -0.39 is 18.3 Å². The van der Waals surface area contributed by atoms with Gasteiger partial charge in [-0.1, -0.05) is 78.9 Å². The lowest BCUT2D eigenvalue weighted by molar-refractivity contribution is 0.00578. The second kappa shape index (κ2) is 8.50. The molecule has 0 spiro atoms. The monoisotopic (exact) mass is 560 g/mol. The summed E-state index contributed by atoms with van der Waals surface area (Å²) >= 11 is 0. The van der Waals surface area contributed by atoms with E-state index >= 15 is 0 Å². The molecule has 6 aromatic carbocycles. The molecule has 43 heavy (non-hydrogen) atoms. The van der Waals surface area contributed by atoms with Crippen molar-refractivity contribution in [3.8, 4) is 11.1 Å². The maximum atomic E-state index is 6.77. The number of para-hydroxylation sites is 1. The third-order valence-corrected chi connectivity index (χ3v) is 9.68. The van der Waals surface area contributed by atoms with Crippen LogP contribution in [0.5, 0.6) is 0 Å². The van der Waals surface area contributed by atoms with Gasteiger partial charge in [0, 0.05) is 32.3 Å². The Bertz CT molecular complexity index is 2410. The predicted octanol–water partition coefficient (Wildman–Crippen LogP) is 9.76. The predicted molar refractivity (Wildman–Crippen MR) is 177 cm³/mol. The second-order valence-corrected chi connectivity index (χ2v) is 12.7. The Morgan fingerprint density at radius 3 is 1.91 bits per heavy atom. The summed E-state index contributed by atoms with van der Waals surface area (Å²) in [7, 11) is -0.559. The van der Waals surface area contributed by atoms with Crippen molar-refractivity contribution >= 4 is 78.0 Å². The molecule has 0 atom stereocenters. The summed E-state index contributed by atoms with van der Waals surface area (Å²) in [4.78, 5) is 0. The van der Waals surface area contributed by atoms with E-state index in [1.807, 2.05) is 12.1 Å². The molecule has 5 heteroatoms. The highest BCUT2D eigenvalue weighted by molar-refractivity contribution is 6.66. The van der Waals surface area contributed by atoms with Crippen molar-refractivity contribution in [2.75, 3.05) is 0 Å². The van der Waals surface area contributed by atoms with Gasteiger partial charge in [0.05, 0.1) is 11.2 Å². The summed E-state index contributed by atoms with van der Waals surface area (Å²) in [6, 6.07) is 36.1. The molecule has 0 unspecified atom stereocenters. The van der Waals surface area contributed by atoms with Crippen LogP contribution < -0.4 is 5.46 Å². The lowest BCUT2D eigenvalue weighted by Crippen LogP contribution is -2.41. The zero-order valence-corrected chi connectivity index (χ0v) is 24.5. The first kappa shape index (κ1) is 25.0. The van der Waals surface area contributed by atoms with Gasteiger partial charge in [-0.05, 0) is 79.3 Å². The van der Waals surface area contributed by atoms with Gasteiger partial charge in [-0.25, -0.2) is 0 Å². The van der Waals surface area contributed by atoms with E-state index in [0.717, 1.165) is 82.0 Å². The standard InChI is InChI=1S/C38H29BO4/c1-37(2)38(3,4)43-39(42-37)30-20-24(21-32-34(30)28-18-17-22-11-5-7-13-25(22)35(28)41-32)29-19-23-12-6-8-14-26(23)36-33(29)27-15-9-10-16-31(27)40-36/h5-21H,1-4H3. The van der Waals surface area contributed by atoms with Gasteiger partial charge in [-0.3, -0.25) is 0 Å². The summed E-state index contributed by atoms with van der Waals surface area (Å²) in [6.45, 7) is 8.39. The molecule has 1 saturated heterocycles. The molecule has 2 aromatic heterocycles. The van der Waals surface area contributed by atoms with E-state index in [-0.39, 0.29) is 0 Å². The molecular weight excluding hydrogens is 531 g/mol. The topological polar surface area (TPSA) is 44.7 Å². The third-order valence-electron chi connectivity index (χ3n) is 9.68. The molecule has 0 N–H and O–H groups in total. The third kappa shape index (κ3) is 3.46. The molecule has 9 rings (SSSR count). The van der Waals surface area contributed by atoms with E-state index in [2.05, 4.69) is 119 Å². The molecule has 0 radical (unpaired) electrons. The molecule has 3 heterocycles. The normalized spacial score (nSPS) is 16.5. The highest BCUT2D eigenvalue weighted by Gasteiger charge is 2.52. The minimum absolute atomic E-state index is 0.483. The van der Waals surface area contributed by atoms with E-state index in [1.165, 1.54) is 0 Å². The molecular formula is C38H29BO4. The molecule has 0 saturated carbocycles. The highest BCUT2D eigenvalue weighted by atomic mass is 16.7. The molecule has 1 aliphatic heterocycles. The van der Waals surface area contributed by atoms with Gasteiger partial charge >= 0.3 is 7.12 Å². The molecule has 0 amide bonds. The first-order valence-corrected chi connectivity index (χ1v) is 14.9. The minimum Gasteiger partial charge on any atom is -0.455 e. The van der Waals surface area contributed by atoms with Crippen molar-refractivity contribution in [1.82, 2.24) is 0 Å². The highest BCUT2D eigenvalue weighted by Crippen LogP contribution is 2.44. The Balaban J connectivity index is 1.41. The second-order valence-electron chi connectivity index (χ2n) is 12.7. The summed E-state index contributed by atoms with van der Waals surface area (Å²) in [6.07, 6.45) is 0. The van der Waals surface area contributed by atoms with Gasteiger partial charge in [-0.2, -0.15) is 0 Å². The Hall–Kier alpha value is -4.58. The van der Waals surface area contributed by atoms with Crippen molar-refractivity contribution in [3.63, 3.8) is 0 Å². The molecule has 0 bridgehead atoms. The number of benzene rings is 6. The fourth-order valence-electron chi connectivity index (χ4n) is 6.76. The van der Waals surface area contributed by atoms with Crippen molar-refractivity contribution in [2.45, 2.75) is 38.9 Å². The van der Waals surface area contributed by atoms with Gasteiger partial charge < -0.3 is 18.1 Å². The van der Waals surface area contributed by atoms with Gasteiger partial charge in [0.25, 0.3) is 0 Å². The van der Waals surface area contributed by atoms with Crippen LogP contribution in [0.1, 0.15) is 27.7 Å². The van der Waals surface area contributed by atoms with Crippen LogP contribution in [0.3, 0.4) is 0 Å². The molecule has 8 aromatic rings. The minimum atomic E-state index is -0.559. The fourth-order valence-corrected chi connectivity index (χ4v) is 6.76. The van der Waals surface area contributed by atoms with E-state index in [4.69, 9.17) is 18.1 Å². The zero-order chi connectivity index (χ0) is 29.1. The van der Waals surface area contributed by atoms with Crippen LogP contribution in [0, 0.1) is 0 Å². The van der Waals surface area contributed by atoms with Crippen molar-refractivity contribution in [2.24, 2.45) is 0 Å². The summed E-state index contributed by atoms with van der Waals surface area (Å²) < 4.78 is 26.7. The van der Waals surface area contributed by atoms with Crippen LogP contribution in [0.15, 0.2) is 112 Å². The molecule has 4 nitrogen and oxygen atoms in total. The van der Waals surface area contributed by atoms with Crippen LogP contribution in [0.4, 0.5) is 0 Å². The first-order chi connectivity index (χ1) is 20.8. The molecule has 1 aliphatic rings. The number of furan rings is 2. The molecule has 0 aliphatic carbocycles. The van der Waals surface area contributed by atoms with Crippen LogP contribution in [0.2, 0.25) is 0 Å². The Morgan fingerprint density at radius 1 is 0.512 bits per heavy atom. The lowest BCUT2D eigenvalue weighted by atomic mass is 9.75. The lowest BCUT2D eigenvalue weighted by Gasteiger charge is -2.32. The van der Waals surface area contributed by atoms with E-state index in [1.54, 1.807) is 0 Å². The van der Waals surface area contributed by atoms with Crippen LogP contribution in [0.25, 0.3) is 76.5 Å². The largest absolute Gasteiger partial charge is 0.495 e. The first-order valence-electron chi connectivity index (χ1n) is 14.9. The average Bonchev–Trinajstić information content (AvgIpc) is 3.65. The smallest absolute Gasteiger partial charge is 0.455 e. The van der Waals surface area contributed by atoms with Gasteiger partial charge in [0.1, 0.15) is 22.3 Å². The van der Waals surface area contributed by atoms with E-state index in [9.17, 15) is 0 Å². The Labute approximate surface area is 248 Å². The maximum Gasteiger partial charge on any atom is 0.495 e. The maximum absolute atomic E-state index is 6.77. The Morgan fingerprint density at radius 2 is 1.14 bits per heavy atom.